The van der Waals surface area contributed by atoms with E-state index in [4.69, 9.17) is 0 Å². The molecule has 0 amide bonds. The normalized spacial score (nSPS) is 12.3. The third-order valence-corrected chi connectivity index (χ3v) is 4.43. The summed E-state index contributed by atoms with van der Waals surface area (Å²) in [5, 5.41) is 0.459. The molecule has 0 fully saturated rings. The van der Waals surface area contributed by atoms with Crippen molar-refractivity contribution in [1.29, 1.82) is 0 Å². The molecule has 2 aromatic carbocycles. The number of rotatable bonds is 1. The molecule has 4 aromatic rings. The van der Waals surface area contributed by atoms with Crippen LogP contribution in [0.5, 0.6) is 0 Å². The number of aromatic nitrogens is 2. The summed E-state index contributed by atoms with van der Waals surface area (Å²) in [6.07, 6.45) is 1.78. The average Bonchev–Trinajstić information content (AvgIpc) is 2.85. The largest absolute Gasteiger partial charge is 0.277 e. The molecule has 0 spiro atoms. The molecule has 0 unspecified atom stereocenters. The monoisotopic (exact) mass is 306 g/mol. The van der Waals surface area contributed by atoms with Gasteiger partial charge in [0.05, 0.1) is 15.4 Å². The Morgan fingerprint density at radius 1 is 0.909 bits per heavy atom. The molecule has 0 bridgehead atoms. The summed E-state index contributed by atoms with van der Waals surface area (Å²) in [6.45, 7) is 0. The molecular weight excluding hydrogens is 296 g/mol. The molecule has 4 nitrogen and oxygen atoms in total. The van der Waals surface area contributed by atoms with Crippen LogP contribution in [0.4, 0.5) is 0 Å². The van der Waals surface area contributed by atoms with Crippen molar-refractivity contribution in [2.45, 2.75) is 0 Å². The molecule has 0 N–H and O–H groups in total. The van der Waals surface area contributed by atoms with Gasteiger partial charge in [-0.25, -0.2) is 9.38 Å². The van der Waals surface area contributed by atoms with Crippen molar-refractivity contribution in [1.82, 2.24) is 9.38 Å². The lowest BCUT2D eigenvalue weighted by Crippen LogP contribution is -2.30. The first-order chi connectivity index (χ1) is 10.7. The Kier molecular flexibility index (Phi) is 2.87. The van der Waals surface area contributed by atoms with Gasteiger partial charge in [-0.15, -0.1) is 0 Å². The van der Waals surface area contributed by atoms with Crippen molar-refractivity contribution in [3.63, 3.8) is 0 Å². The van der Waals surface area contributed by atoms with E-state index in [9.17, 15) is 9.59 Å². The van der Waals surface area contributed by atoms with E-state index in [1.54, 1.807) is 24.3 Å². The Bertz CT molecular complexity index is 1160. The van der Waals surface area contributed by atoms with E-state index in [0.717, 1.165) is 9.96 Å². The van der Waals surface area contributed by atoms with E-state index >= 15 is 0 Å². The summed E-state index contributed by atoms with van der Waals surface area (Å²) in [5.41, 5.74) is 0.908. The van der Waals surface area contributed by atoms with Crippen LogP contribution in [0.15, 0.2) is 64.2 Å². The van der Waals surface area contributed by atoms with Gasteiger partial charge in [0.2, 0.25) is 4.96 Å². The van der Waals surface area contributed by atoms with E-state index in [2.05, 4.69) is 4.98 Å². The highest BCUT2D eigenvalue weighted by Crippen LogP contribution is 2.09. The molecule has 2 aromatic heterocycles. The van der Waals surface area contributed by atoms with Gasteiger partial charge in [0.1, 0.15) is 0 Å². The summed E-state index contributed by atoms with van der Waals surface area (Å²) in [5.74, 6) is 0. The molecule has 2 heterocycles. The van der Waals surface area contributed by atoms with Gasteiger partial charge in [0.25, 0.3) is 11.1 Å². The van der Waals surface area contributed by atoms with Gasteiger partial charge < -0.3 is 0 Å². The minimum absolute atomic E-state index is 0.311. The molecule has 0 saturated heterocycles. The van der Waals surface area contributed by atoms with Crippen LogP contribution in [0.3, 0.4) is 0 Å². The lowest BCUT2D eigenvalue weighted by Gasteiger charge is -1.95. The lowest BCUT2D eigenvalue weighted by atomic mass is 10.2. The Hall–Kier alpha value is -2.79. The van der Waals surface area contributed by atoms with Crippen molar-refractivity contribution in [3.8, 4) is 0 Å². The standard InChI is InChI=1S/C17H10N2O2S/c20-15-12-8-4-5-9-13(12)18-17-19(15)16(21)14(22-17)10-11-6-2-1-3-7-11/h1-10H/b14-10+. The number of fused-ring (bicyclic) bond motifs is 2. The summed E-state index contributed by atoms with van der Waals surface area (Å²) in [7, 11) is 0. The maximum Gasteiger partial charge on any atom is 0.277 e. The Morgan fingerprint density at radius 3 is 2.45 bits per heavy atom. The summed E-state index contributed by atoms with van der Waals surface area (Å²) >= 11 is 1.23. The first-order valence-electron chi connectivity index (χ1n) is 6.75. The smallest absolute Gasteiger partial charge is 0.268 e. The van der Waals surface area contributed by atoms with Crippen molar-refractivity contribution < 1.29 is 0 Å². The van der Waals surface area contributed by atoms with Crippen LogP contribution in [0.25, 0.3) is 21.9 Å². The topological polar surface area (TPSA) is 51.4 Å². The summed E-state index contributed by atoms with van der Waals surface area (Å²) in [6, 6.07) is 16.6. The Morgan fingerprint density at radius 2 is 1.64 bits per heavy atom. The predicted octanol–water partition coefficient (Wildman–Crippen LogP) is 1.82. The fourth-order valence-electron chi connectivity index (χ4n) is 2.40. The highest BCUT2D eigenvalue weighted by molar-refractivity contribution is 7.15. The van der Waals surface area contributed by atoms with Crippen LogP contribution in [0.2, 0.25) is 0 Å². The molecule has 0 aliphatic carbocycles. The highest BCUT2D eigenvalue weighted by Gasteiger charge is 2.10. The molecular formula is C17H10N2O2S. The highest BCUT2D eigenvalue weighted by atomic mass is 32.1. The summed E-state index contributed by atoms with van der Waals surface area (Å²) < 4.78 is 1.66. The molecule has 106 valence electrons. The zero-order chi connectivity index (χ0) is 15.1. The molecule has 5 heteroatoms. The molecule has 4 rings (SSSR count). The second-order valence-electron chi connectivity index (χ2n) is 4.88. The molecule has 0 saturated carbocycles. The maximum absolute atomic E-state index is 12.5. The predicted molar refractivity (Wildman–Crippen MR) is 88.3 cm³/mol. The van der Waals surface area contributed by atoms with Gasteiger partial charge in [-0.1, -0.05) is 53.8 Å². The van der Waals surface area contributed by atoms with Gasteiger partial charge in [0, 0.05) is 0 Å². The molecule has 0 radical (unpaired) electrons. The fourth-order valence-corrected chi connectivity index (χ4v) is 3.38. The van der Waals surface area contributed by atoms with Crippen LogP contribution in [0, 0.1) is 0 Å². The lowest BCUT2D eigenvalue weighted by molar-refractivity contribution is 1.05. The van der Waals surface area contributed by atoms with E-state index in [1.807, 2.05) is 36.4 Å². The fraction of sp³-hybridized carbons (Fsp3) is 0. The first-order valence-corrected chi connectivity index (χ1v) is 7.57. The van der Waals surface area contributed by atoms with E-state index in [0.29, 0.717) is 20.4 Å². The molecule has 0 aliphatic rings. The Balaban J connectivity index is 2.12. The second kappa shape index (κ2) is 4.89. The quantitative estimate of drug-likeness (QED) is 0.539. The van der Waals surface area contributed by atoms with Crippen LogP contribution in [-0.2, 0) is 0 Å². The summed E-state index contributed by atoms with van der Waals surface area (Å²) in [4.78, 5) is 29.8. The average molecular weight is 306 g/mol. The first kappa shape index (κ1) is 12.9. The zero-order valence-corrected chi connectivity index (χ0v) is 12.2. The third kappa shape index (κ3) is 1.95. The van der Waals surface area contributed by atoms with Crippen molar-refractivity contribution in [2.75, 3.05) is 0 Å². The molecule has 0 aliphatic heterocycles. The van der Waals surface area contributed by atoms with Crippen molar-refractivity contribution in [2.24, 2.45) is 0 Å². The minimum atomic E-state index is -0.313. The third-order valence-electron chi connectivity index (χ3n) is 3.46. The molecule has 0 atom stereocenters. The van der Waals surface area contributed by atoms with E-state index in [1.165, 1.54) is 11.3 Å². The minimum Gasteiger partial charge on any atom is -0.268 e. The van der Waals surface area contributed by atoms with Gasteiger partial charge in [0.15, 0.2) is 0 Å². The van der Waals surface area contributed by atoms with Gasteiger partial charge in [-0.05, 0) is 23.8 Å². The number of hydrogen-bond acceptors (Lipinski definition) is 4. The molecule has 22 heavy (non-hydrogen) atoms. The number of benzene rings is 2. The SMILES string of the molecule is O=c1/c(=C\c2ccccc2)sc2nc3ccccc3c(=O)n12. The van der Waals surface area contributed by atoms with Gasteiger partial charge >= 0.3 is 0 Å². The Labute approximate surface area is 128 Å². The van der Waals surface area contributed by atoms with Crippen LogP contribution >= 0.6 is 11.3 Å². The van der Waals surface area contributed by atoms with Crippen molar-refractivity contribution >= 4 is 33.3 Å². The number of thiazole rings is 1. The van der Waals surface area contributed by atoms with Gasteiger partial charge in [-0.3, -0.25) is 9.59 Å². The van der Waals surface area contributed by atoms with E-state index in [-0.39, 0.29) is 11.1 Å². The van der Waals surface area contributed by atoms with Crippen LogP contribution < -0.4 is 15.7 Å². The van der Waals surface area contributed by atoms with Gasteiger partial charge in [-0.2, -0.15) is 0 Å². The number of nitrogens with zero attached hydrogens (tertiary/aromatic N) is 2. The van der Waals surface area contributed by atoms with Crippen molar-refractivity contribution in [3.05, 3.63) is 85.4 Å². The number of para-hydroxylation sites is 1. The van der Waals surface area contributed by atoms with E-state index < -0.39 is 0 Å². The zero-order valence-electron chi connectivity index (χ0n) is 11.4. The number of hydrogen-bond donors (Lipinski definition) is 0. The second-order valence-corrected chi connectivity index (χ2v) is 5.89. The maximum atomic E-state index is 12.5. The van der Waals surface area contributed by atoms with Crippen LogP contribution in [0.1, 0.15) is 5.56 Å². The van der Waals surface area contributed by atoms with Crippen LogP contribution in [-0.4, -0.2) is 9.38 Å².